The van der Waals surface area contributed by atoms with Gasteiger partial charge >= 0.3 is 5.97 Å². The lowest BCUT2D eigenvalue weighted by Gasteiger charge is -2.15. The van der Waals surface area contributed by atoms with Crippen molar-refractivity contribution >= 4 is 21.9 Å². The van der Waals surface area contributed by atoms with E-state index in [4.69, 9.17) is 4.42 Å². The molecule has 0 spiro atoms. The molecule has 1 unspecified atom stereocenters. The van der Waals surface area contributed by atoms with Gasteiger partial charge in [-0.15, -0.1) is 0 Å². The van der Waals surface area contributed by atoms with Crippen LogP contribution in [0.15, 0.2) is 21.2 Å². The Morgan fingerprint density at radius 2 is 2.36 bits per heavy atom. The molecule has 0 amide bonds. The quantitative estimate of drug-likeness (QED) is 0.789. The molecule has 0 saturated heterocycles. The van der Waals surface area contributed by atoms with Gasteiger partial charge in [0.2, 0.25) is 0 Å². The number of carbonyl (C=O) groups is 1. The number of hydrogen-bond donors (Lipinski definition) is 0. The normalized spacial score (nSPS) is 14.9. The molecule has 1 aromatic heterocycles. The van der Waals surface area contributed by atoms with Gasteiger partial charge in [-0.1, -0.05) is 0 Å². The van der Waals surface area contributed by atoms with Gasteiger partial charge < -0.3 is 9.15 Å². The fourth-order valence-electron chi connectivity index (χ4n) is 0.934. The Labute approximate surface area is 89.4 Å². The zero-order valence-corrected chi connectivity index (χ0v) is 9.43. The first kappa shape index (κ1) is 11.2. The van der Waals surface area contributed by atoms with Crippen molar-refractivity contribution in [3.8, 4) is 0 Å². The Hall–Kier alpha value is -0.840. The first-order valence-corrected chi connectivity index (χ1v) is 4.89. The third kappa shape index (κ3) is 2.15. The van der Waals surface area contributed by atoms with Crippen LogP contribution in [0.1, 0.15) is 19.6 Å². The van der Waals surface area contributed by atoms with Gasteiger partial charge in [0.05, 0.1) is 6.61 Å². The second kappa shape index (κ2) is 4.13. The van der Waals surface area contributed by atoms with Crippen LogP contribution in [0, 0.1) is 0 Å². The number of hydrogen-bond acceptors (Lipinski definition) is 3. The van der Waals surface area contributed by atoms with Crippen LogP contribution in [0.25, 0.3) is 0 Å². The highest BCUT2D eigenvalue weighted by Gasteiger charge is 2.40. The summed E-state index contributed by atoms with van der Waals surface area (Å²) in [4.78, 5) is 11.2. The minimum Gasteiger partial charge on any atom is -0.463 e. The number of alkyl halides is 1. The fraction of sp³-hybridized carbons (Fsp3) is 0.444. The Morgan fingerprint density at radius 3 is 2.79 bits per heavy atom. The summed E-state index contributed by atoms with van der Waals surface area (Å²) in [6, 6.07) is 2.91. The summed E-state index contributed by atoms with van der Waals surface area (Å²) in [6.07, 6.45) is 0. The van der Waals surface area contributed by atoms with Crippen LogP contribution in [0.2, 0.25) is 0 Å². The largest absolute Gasteiger partial charge is 0.463 e. The molecule has 14 heavy (non-hydrogen) atoms. The average Bonchev–Trinajstić information content (AvgIpc) is 2.52. The molecule has 0 aliphatic heterocycles. The van der Waals surface area contributed by atoms with E-state index in [1.165, 1.54) is 12.1 Å². The Morgan fingerprint density at radius 1 is 1.71 bits per heavy atom. The highest BCUT2D eigenvalue weighted by atomic mass is 79.9. The van der Waals surface area contributed by atoms with Crippen LogP contribution in [0.4, 0.5) is 4.39 Å². The van der Waals surface area contributed by atoms with Crippen LogP contribution < -0.4 is 0 Å². The molecule has 1 aromatic rings. The van der Waals surface area contributed by atoms with E-state index in [0.717, 1.165) is 6.92 Å². The molecule has 1 atom stereocenters. The molecular weight excluding hydrogens is 255 g/mol. The standard InChI is InChI=1S/C9H10BrFO3/c1-3-13-8(12)9(2,11)6-4-5-7(10)14-6/h4-5H,3H2,1-2H3. The highest BCUT2D eigenvalue weighted by Crippen LogP contribution is 2.30. The Kier molecular flexibility index (Phi) is 3.31. The zero-order valence-electron chi connectivity index (χ0n) is 7.84. The smallest absolute Gasteiger partial charge is 0.351 e. The van der Waals surface area contributed by atoms with Gasteiger partial charge in [-0.25, -0.2) is 9.18 Å². The number of rotatable bonds is 3. The lowest BCUT2D eigenvalue weighted by atomic mass is 10.1. The van der Waals surface area contributed by atoms with Crippen LogP contribution in [0.5, 0.6) is 0 Å². The molecule has 0 aromatic carbocycles. The van der Waals surface area contributed by atoms with Crippen molar-refractivity contribution in [3.05, 3.63) is 22.6 Å². The predicted octanol–water partition coefficient (Wildman–Crippen LogP) is 2.79. The van der Waals surface area contributed by atoms with E-state index in [2.05, 4.69) is 20.7 Å². The number of ether oxygens (including phenoxy) is 1. The number of furan rings is 1. The van der Waals surface area contributed by atoms with Gasteiger partial charge in [0.15, 0.2) is 10.4 Å². The van der Waals surface area contributed by atoms with E-state index >= 15 is 0 Å². The van der Waals surface area contributed by atoms with Crippen LogP contribution in [-0.4, -0.2) is 12.6 Å². The molecule has 0 radical (unpaired) electrons. The lowest BCUT2D eigenvalue weighted by Crippen LogP contribution is -2.29. The van der Waals surface area contributed by atoms with Crippen LogP contribution >= 0.6 is 15.9 Å². The zero-order chi connectivity index (χ0) is 10.8. The summed E-state index contributed by atoms with van der Waals surface area (Å²) in [6.45, 7) is 2.86. The molecule has 5 heteroatoms. The number of halogens is 2. The number of esters is 1. The lowest BCUT2D eigenvalue weighted by molar-refractivity contribution is -0.158. The molecule has 0 saturated carbocycles. The first-order valence-electron chi connectivity index (χ1n) is 4.10. The summed E-state index contributed by atoms with van der Waals surface area (Å²) in [7, 11) is 0. The van der Waals surface area contributed by atoms with Crippen molar-refractivity contribution in [2.24, 2.45) is 0 Å². The van der Waals surface area contributed by atoms with Crippen molar-refractivity contribution in [1.82, 2.24) is 0 Å². The van der Waals surface area contributed by atoms with E-state index in [0.29, 0.717) is 4.67 Å². The van der Waals surface area contributed by atoms with Crippen molar-refractivity contribution in [2.75, 3.05) is 6.61 Å². The molecule has 1 heterocycles. The molecule has 0 N–H and O–H groups in total. The van der Waals surface area contributed by atoms with Gasteiger partial charge in [0, 0.05) is 0 Å². The maximum Gasteiger partial charge on any atom is 0.351 e. The minimum atomic E-state index is -2.23. The van der Waals surface area contributed by atoms with Gasteiger partial charge in [0.1, 0.15) is 0 Å². The van der Waals surface area contributed by atoms with E-state index in [1.807, 2.05) is 0 Å². The SMILES string of the molecule is CCOC(=O)C(C)(F)c1ccc(Br)o1. The van der Waals surface area contributed by atoms with Crippen molar-refractivity contribution in [1.29, 1.82) is 0 Å². The molecule has 0 aliphatic rings. The summed E-state index contributed by atoms with van der Waals surface area (Å²) < 4.78 is 23.7. The predicted molar refractivity (Wildman–Crippen MR) is 51.5 cm³/mol. The third-order valence-corrected chi connectivity index (χ3v) is 2.12. The topological polar surface area (TPSA) is 39.4 Å². The average molecular weight is 265 g/mol. The maximum absolute atomic E-state index is 13.8. The van der Waals surface area contributed by atoms with Gasteiger partial charge in [-0.2, -0.15) is 0 Å². The van der Waals surface area contributed by atoms with E-state index in [9.17, 15) is 9.18 Å². The van der Waals surface area contributed by atoms with Gasteiger partial charge in [-0.3, -0.25) is 0 Å². The molecule has 0 bridgehead atoms. The highest BCUT2D eigenvalue weighted by molar-refractivity contribution is 9.10. The third-order valence-electron chi connectivity index (χ3n) is 1.69. The van der Waals surface area contributed by atoms with E-state index in [-0.39, 0.29) is 12.4 Å². The maximum atomic E-state index is 13.8. The van der Waals surface area contributed by atoms with E-state index < -0.39 is 11.6 Å². The monoisotopic (exact) mass is 264 g/mol. The Balaban J connectivity index is 2.89. The Bertz CT molecular complexity index is 333. The van der Waals surface area contributed by atoms with Crippen molar-refractivity contribution in [3.63, 3.8) is 0 Å². The van der Waals surface area contributed by atoms with E-state index in [1.54, 1.807) is 6.92 Å². The first-order chi connectivity index (χ1) is 6.48. The fourth-order valence-corrected chi connectivity index (χ4v) is 1.24. The van der Waals surface area contributed by atoms with Crippen molar-refractivity contribution < 1.29 is 18.3 Å². The second-order valence-corrected chi connectivity index (χ2v) is 3.61. The van der Waals surface area contributed by atoms with Crippen molar-refractivity contribution in [2.45, 2.75) is 19.5 Å². The number of carbonyl (C=O) groups excluding carboxylic acids is 1. The molecular formula is C9H10BrFO3. The molecule has 1 rings (SSSR count). The second-order valence-electron chi connectivity index (χ2n) is 2.83. The molecule has 0 fully saturated rings. The summed E-state index contributed by atoms with van der Waals surface area (Å²) >= 11 is 3.03. The minimum absolute atomic E-state index is 0.0668. The molecule has 3 nitrogen and oxygen atoms in total. The summed E-state index contributed by atoms with van der Waals surface area (Å²) in [5.41, 5.74) is -2.23. The van der Waals surface area contributed by atoms with Crippen LogP contribution in [-0.2, 0) is 15.2 Å². The molecule has 78 valence electrons. The summed E-state index contributed by atoms with van der Waals surface area (Å²) in [5.74, 6) is -1.01. The van der Waals surface area contributed by atoms with Gasteiger partial charge in [0.25, 0.3) is 5.67 Å². The van der Waals surface area contributed by atoms with Gasteiger partial charge in [-0.05, 0) is 41.9 Å². The molecule has 0 aliphatic carbocycles. The van der Waals surface area contributed by atoms with Crippen LogP contribution in [0.3, 0.4) is 0 Å². The summed E-state index contributed by atoms with van der Waals surface area (Å²) in [5, 5.41) is 0.